The van der Waals surface area contributed by atoms with Crippen molar-refractivity contribution in [2.24, 2.45) is 0 Å². The Morgan fingerprint density at radius 2 is 0.750 bits per heavy atom. The largest absolute Gasteiger partial charge is 0.321 e. The molecule has 6 aromatic carbocycles. The maximum absolute atomic E-state index is 16.2. The van der Waals surface area contributed by atoms with E-state index >= 15 is 18.5 Å². The molecule has 312 valence electrons. The fraction of sp³-hybridized carbons (Fsp3) is 0.260. The number of nitrogens with zero attached hydrogens (tertiary/aromatic N) is 1. The molecule has 6 rings (SSSR count). The van der Waals surface area contributed by atoms with E-state index in [2.05, 4.69) is 0 Å². The Morgan fingerprint density at radius 1 is 0.450 bits per heavy atom. The third kappa shape index (κ3) is 9.09. The molecule has 0 amide bonds. The Bertz CT molecular complexity index is 2470. The first-order valence-corrected chi connectivity index (χ1v) is 25.2. The van der Waals surface area contributed by atoms with Crippen molar-refractivity contribution in [2.45, 2.75) is 62.3 Å². The van der Waals surface area contributed by atoms with Gasteiger partial charge in [-0.3, -0.25) is 18.5 Å². The molecule has 0 N–H and O–H groups in total. The normalized spacial score (nSPS) is 14.6. The number of benzene rings is 6. The molecule has 0 saturated carbocycles. The van der Waals surface area contributed by atoms with Gasteiger partial charge in [-0.05, 0) is 132 Å². The molecule has 0 aromatic heterocycles. The summed E-state index contributed by atoms with van der Waals surface area (Å²) >= 11 is 0. The Hall–Kier alpha value is -4.44. The van der Waals surface area contributed by atoms with Gasteiger partial charge in [-0.1, -0.05) is 108 Å². The van der Waals surface area contributed by atoms with Gasteiger partial charge in [-0.2, -0.15) is 0 Å². The van der Waals surface area contributed by atoms with E-state index in [0.29, 0.717) is 32.1 Å². The molecule has 0 spiro atoms. The van der Waals surface area contributed by atoms with E-state index in [1.165, 1.54) is 0 Å². The summed E-state index contributed by atoms with van der Waals surface area (Å²) in [7, 11) is -11.7. The molecule has 0 aliphatic heterocycles. The zero-order valence-electron chi connectivity index (χ0n) is 36.2. The van der Waals surface area contributed by atoms with E-state index in [1.807, 2.05) is 165 Å². The predicted molar refractivity (Wildman–Crippen MR) is 250 cm³/mol. The number of rotatable bonds is 16. The van der Waals surface area contributed by atoms with Crippen molar-refractivity contribution in [3.8, 4) is 0 Å². The summed E-state index contributed by atoms with van der Waals surface area (Å²) in [6.45, 7) is 17.1. The molecular weight excluding hydrogens is 803 g/mol. The predicted octanol–water partition coefficient (Wildman–Crippen LogP) is 10.4. The lowest BCUT2D eigenvalue weighted by Gasteiger charge is -2.33. The number of carbonyl (C=O) groups is 1. The van der Waals surface area contributed by atoms with E-state index in [0.717, 1.165) is 50.1 Å². The van der Waals surface area contributed by atoms with Crippen LogP contribution < -0.4 is 26.5 Å². The summed E-state index contributed by atoms with van der Waals surface area (Å²) < 4.78 is 62.0. The number of hydrogen-bond acceptors (Lipinski definition) is 6. The second kappa shape index (κ2) is 18.7. The van der Waals surface area contributed by atoms with Crippen LogP contribution in [0.25, 0.3) is 0 Å². The molecule has 0 bridgehead atoms. The van der Waals surface area contributed by atoms with E-state index in [4.69, 9.17) is 9.05 Å². The maximum atomic E-state index is 16.2. The molecule has 0 aliphatic rings. The topological polar surface area (TPSA) is 90.0 Å². The van der Waals surface area contributed by atoms with Gasteiger partial charge in [0.1, 0.15) is 0 Å². The van der Waals surface area contributed by atoms with E-state index in [9.17, 15) is 0 Å². The summed E-state index contributed by atoms with van der Waals surface area (Å²) in [6, 6.07) is 39.0. The Morgan fingerprint density at radius 3 is 1.08 bits per heavy atom. The van der Waals surface area contributed by atoms with E-state index < -0.39 is 27.6 Å². The molecule has 0 heterocycles. The highest BCUT2D eigenvalue weighted by molar-refractivity contribution is 7.85. The third-order valence-corrected chi connectivity index (χ3v) is 19.6. The molecule has 0 fully saturated rings. The van der Waals surface area contributed by atoms with Crippen molar-refractivity contribution in [3.63, 3.8) is 0 Å². The van der Waals surface area contributed by atoms with Gasteiger partial charge in [0.15, 0.2) is 0 Å². The van der Waals surface area contributed by atoms with Crippen LogP contribution in [0.3, 0.4) is 0 Å². The van der Waals surface area contributed by atoms with Crippen LogP contribution in [0.4, 0.5) is 0 Å². The molecule has 6 aromatic rings. The van der Waals surface area contributed by atoms with Crippen LogP contribution >= 0.6 is 22.0 Å². The van der Waals surface area contributed by atoms with Crippen LogP contribution in [0.2, 0.25) is 0 Å². The molecule has 3 atom stereocenters. The van der Waals surface area contributed by atoms with Crippen LogP contribution in [0.5, 0.6) is 0 Å². The lowest BCUT2D eigenvalue weighted by molar-refractivity contribution is 0.106. The minimum absolute atomic E-state index is 0.0514. The molecule has 60 heavy (non-hydrogen) atoms. The Kier molecular flexibility index (Phi) is 14.0. The zero-order valence-corrected chi connectivity index (χ0v) is 38.9. The monoisotopic (exact) mass is 859 g/mol. The smallest absolute Gasteiger partial charge is 0.261 e. The number of hydrogen-bond donors (Lipinski definition) is 0. The Balaban J connectivity index is 1.46. The summed E-state index contributed by atoms with van der Waals surface area (Å²) in [5.74, 6) is 0. The van der Waals surface area contributed by atoms with Crippen molar-refractivity contribution >= 4 is 54.1 Å². The highest BCUT2D eigenvalue weighted by Gasteiger charge is 2.43. The van der Waals surface area contributed by atoms with Crippen molar-refractivity contribution in [1.29, 1.82) is 0 Å². The third-order valence-electron chi connectivity index (χ3n) is 11.0. The summed E-state index contributed by atoms with van der Waals surface area (Å²) in [5.41, 5.74) is 7.79. The SMILES string of the molecule is Cc1cc(C)c(C(=O)P(=O)(c2ccccc2)N(CCOP(=O)(c2ccccc2)c2c(C)cc(C)cc2C)CCOP(=O)(c2ccccc2)c2c(C)cc(C)cc2C)c(C)c1. The molecule has 7 nitrogen and oxygen atoms in total. The van der Waals surface area contributed by atoms with Crippen LogP contribution in [0.15, 0.2) is 127 Å². The van der Waals surface area contributed by atoms with Gasteiger partial charge in [0.05, 0.1) is 13.2 Å². The average Bonchev–Trinajstić information content (AvgIpc) is 3.19. The van der Waals surface area contributed by atoms with E-state index in [-0.39, 0.29) is 26.3 Å². The zero-order chi connectivity index (χ0) is 43.4. The summed E-state index contributed by atoms with van der Waals surface area (Å²) in [5, 5.41) is 2.67. The first-order valence-electron chi connectivity index (χ1n) is 20.3. The fourth-order valence-electron chi connectivity index (χ4n) is 8.71. The molecular formula is C50H56NO6P3. The van der Waals surface area contributed by atoms with E-state index in [1.54, 1.807) is 28.9 Å². The highest BCUT2D eigenvalue weighted by atomic mass is 31.2. The van der Waals surface area contributed by atoms with Crippen molar-refractivity contribution in [1.82, 2.24) is 4.67 Å². The standard InChI is InChI=1S/C50H56NO6P3/c1-35-29-38(4)47(39(5)30-35)50(52)58(53,44-19-13-10-14-20-44)51(25-27-56-59(54,45-21-15-11-16-22-45)48-40(6)31-36(2)32-41(48)7)26-28-57-60(55,46-23-17-12-18-24-46)49-42(8)33-37(3)34-43(49)9/h10-24,29-34H,25-28H2,1-9H3. The van der Waals surface area contributed by atoms with Crippen molar-refractivity contribution < 1.29 is 27.5 Å². The van der Waals surface area contributed by atoms with Crippen molar-refractivity contribution in [2.75, 3.05) is 26.3 Å². The molecule has 0 aliphatic carbocycles. The van der Waals surface area contributed by atoms with Gasteiger partial charge in [-0.15, -0.1) is 0 Å². The first-order chi connectivity index (χ1) is 28.5. The lowest BCUT2D eigenvalue weighted by Crippen LogP contribution is -2.36. The van der Waals surface area contributed by atoms with Gasteiger partial charge in [0.25, 0.3) is 14.7 Å². The average molecular weight is 860 g/mol. The summed E-state index contributed by atoms with van der Waals surface area (Å²) in [6.07, 6.45) is 0. The van der Waals surface area contributed by atoms with Crippen LogP contribution in [0, 0.1) is 62.3 Å². The van der Waals surface area contributed by atoms with Gasteiger partial charge in [-0.25, -0.2) is 4.67 Å². The fourth-order valence-corrected chi connectivity index (χ4v) is 16.5. The summed E-state index contributed by atoms with van der Waals surface area (Å²) in [4.78, 5) is 15.2. The Labute approximate surface area is 356 Å². The van der Waals surface area contributed by atoms with Crippen molar-refractivity contribution in [3.05, 3.63) is 183 Å². The maximum Gasteiger partial charge on any atom is 0.261 e. The van der Waals surface area contributed by atoms with Crippen LogP contribution in [0.1, 0.15) is 60.4 Å². The number of carbonyl (C=O) groups excluding carboxylic acids is 1. The van der Waals surface area contributed by atoms with Gasteiger partial charge in [0, 0.05) is 45.2 Å². The van der Waals surface area contributed by atoms with Gasteiger partial charge in [0.2, 0.25) is 12.8 Å². The second-order valence-electron chi connectivity index (χ2n) is 15.9. The highest BCUT2D eigenvalue weighted by Crippen LogP contribution is 2.54. The molecule has 0 radical (unpaired) electrons. The molecule has 0 saturated heterocycles. The molecule has 3 unspecified atom stereocenters. The quantitative estimate of drug-likeness (QED) is 0.0896. The minimum atomic E-state index is -4.21. The second-order valence-corrected chi connectivity index (χ2v) is 23.2. The number of aryl methyl sites for hydroxylation is 9. The lowest BCUT2D eigenvalue weighted by atomic mass is 10.0. The molecule has 10 heteroatoms. The van der Waals surface area contributed by atoms with Gasteiger partial charge < -0.3 is 9.05 Å². The van der Waals surface area contributed by atoms with Crippen LogP contribution in [-0.4, -0.2) is 36.5 Å². The van der Waals surface area contributed by atoms with Gasteiger partial charge >= 0.3 is 0 Å². The van der Waals surface area contributed by atoms with Crippen LogP contribution in [-0.2, 0) is 22.7 Å². The minimum Gasteiger partial charge on any atom is -0.321 e. The first kappa shape index (κ1) is 45.1.